The van der Waals surface area contributed by atoms with Gasteiger partial charge in [0.2, 0.25) is 11.0 Å². The molecule has 2 aliphatic heterocycles. The largest absolute Gasteiger partial charge is 0.358 e. The smallest absolute Gasteiger partial charge is 0.257 e. The number of aromatic nitrogens is 2. The van der Waals surface area contributed by atoms with Crippen LogP contribution >= 0.6 is 23.1 Å². The number of nitrogens with zero attached hydrogens (tertiary/aromatic N) is 3. The molecule has 0 aliphatic carbocycles. The van der Waals surface area contributed by atoms with Gasteiger partial charge < -0.3 is 10.2 Å². The molecule has 0 radical (unpaired) electrons. The summed E-state index contributed by atoms with van der Waals surface area (Å²) in [6.07, 6.45) is 1.89. The van der Waals surface area contributed by atoms with E-state index in [9.17, 15) is 9.59 Å². The second-order valence-corrected chi connectivity index (χ2v) is 8.32. The number of hydrogen-bond donors (Lipinski definition) is 2. The standard InChI is InChI=1S/C16H17N5O2S2/c1-2-24-16-20-19-15(25-16)18-13(22)9-5-6-11-10(8-9)17-14(23)12-4-3-7-21(11)12/h5-6,8,12H,2-4,7H2,1H3,(H,17,23)(H,18,19,22)/t12-/m1/s1. The molecule has 7 nitrogen and oxygen atoms in total. The summed E-state index contributed by atoms with van der Waals surface area (Å²) >= 11 is 2.94. The maximum Gasteiger partial charge on any atom is 0.257 e. The number of rotatable bonds is 4. The summed E-state index contributed by atoms with van der Waals surface area (Å²) in [5.74, 6) is 0.655. The lowest BCUT2D eigenvalue weighted by molar-refractivity contribution is -0.117. The van der Waals surface area contributed by atoms with Crippen LogP contribution in [0.2, 0.25) is 0 Å². The lowest BCUT2D eigenvalue weighted by Gasteiger charge is -2.33. The van der Waals surface area contributed by atoms with E-state index in [-0.39, 0.29) is 17.9 Å². The van der Waals surface area contributed by atoms with Crippen molar-refractivity contribution in [2.45, 2.75) is 30.1 Å². The third-order valence-corrected chi connectivity index (χ3v) is 6.13. The molecule has 0 bridgehead atoms. The summed E-state index contributed by atoms with van der Waals surface area (Å²) in [5.41, 5.74) is 2.16. The average Bonchev–Trinajstić information content (AvgIpc) is 3.25. The van der Waals surface area contributed by atoms with Crippen molar-refractivity contribution in [3.8, 4) is 0 Å². The van der Waals surface area contributed by atoms with Gasteiger partial charge in [0.25, 0.3) is 5.91 Å². The van der Waals surface area contributed by atoms with Crippen LogP contribution in [-0.2, 0) is 4.79 Å². The zero-order valence-electron chi connectivity index (χ0n) is 13.6. The first-order valence-corrected chi connectivity index (χ1v) is 9.95. The van der Waals surface area contributed by atoms with Crippen molar-refractivity contribution in [2.24, 2.45) is 0 Å². The van der Waals surface area contributed by atoms with Crippen molar-refractivity contribution in [1.82, 2.24) is 10.2 Å². The Hall–Kier alpha value is -2.13. The molecule has 4 rings (SSSR count). The minimum absolute atomic E-state index is 0.00733. The highest BCUT2D eigenvalue weighted by molar-refractivity contribution is 8.01. The molecule has 1 atom stereocenters. The van der Waals surface area contributed by atoms with Crippen LogP contribution < -0.4 is 15.5 Å². The molecular weight excluding hydrogens is 358 g/mol. The number of nitrogens with one attached hydrogen (secondary N) is 2. The lowest BCUT2D eigenvalue weighted by atomic mass is 10.1. The van der Waals surface area contributed by atoms with Crippen molar-refractivity contribution in [3.63, 3.8) is 0 Å². The van der Waals surface area contributed by atoms with Crippen LogP contribution in [-0.4, -0.2) is 40.4 Å². The van der Waals surface area contributed by atoms with E-state index < -0.39 is 0 Å². The number of carbonyl (C=O) groups is 2. The van der Waals surface area contributed by atoms with Gasteiger partial charge in [-0.05, 0) is 36.8 Å². The maximum atomic E-state index is 12.5. The van der Waals surface area contributed by atoms with Crippen LogP contribution in [0.4, 0.5) is 16.5 Å². The van der Waals surface area contributed by atoms with Gasteiger partial charge >= 0.3 is 0 Å². The monoisotopic (exact) mass is 375 g/mol. The molecule has 2 aliphatic rings. The van der Waals surface area contributed by atoms with E-state index in [0.717, 1.165) is 35.2 Å². The Morgan fingerprint density at radius 1 is 1.48 bits per heavy atom. The fourth-order valence-electron chi connectivity index (χ4n) is 3.18. The fourth-order valence-corrected chi connectivity index (χ4v) is 4.83. The van der Waals surface area contributed by atoms with Crippen molar-refractivity contribution in [2.75, 3.05) is 27.8 Å². The zero-order chi connectivity index (χ0) is 17.4. The number of amides is 2. The summed E-state index contributed by atoms with van der Waals surface area (Å²) in [7, 11) is 0. The molecule has 0 unspecified atom stereocenters. The average molecular weight is 375 g/mol. The Bertz CT molecular complexity index is 838. The van der Waals surface area contributed by atoms with E-state index in [0.29, 0.717) is 16.4 Å². The second kappa shape index (κ2) is 6.64. The van der Waals surface area contributed by atoms with E-state index in [1.54, 1.807) is 23.9 Å². The molecule has 2 amide bonds. The summed E-state index contributed by atoms with van der Waals surface area (Å²) in [6.45, 7) is 2.91. The third-order valence-electron chi connectivity index (χ3n) is 4.28. The highest BCUT2D eigenvalue weighted by atomic mass is 32.2. The van der Waals surface area contributed by atoms with Gasteiger partial charge in [0.1, 0.15) is 6.04 Å². The normalized spacial score (nSPS) is 18.5. The molecule has 0 saturated carbocycles. The third kappa shape index (κ3) is 3.09. The SMILES string of the molecule is CCSc1nnc(NC(=O)c2ccc3c(c2)NC(=O)[C@H]2CCCN32)s1. The molecule has 9 heteroatoms. The van der Waals surface area contributed by atoms with Crippen LogP contribution in [0.3, 0.4) is 0 Å². The van der Waals surface area contributed by atoms with Gasteiger partial charge in [0.15, 0.2) is 4.34 Å². The Balaban J connectivity index is 1.54. The molecule has 3 heterocycles. The molecule has 2 aromatic rings. The van der Waals surface area contributed by atoms with Crippen LogP contribution in [0.25, 0.3) is 0 Å². The number of hydrogen-bond acceptors (Lipinski definition) is 7. The summed E-state index contributed by atoms with van der Waals surface area (Å²) in [6, 6.07) is 5.33. The first-order valence-electron chi connectivity index (χ1n) is 8.15. The predicted octanol–water partition coefficient (Wildman–Crippen LogP) is 2.82. The quantitative estimate of drug-likeness (QED) is 0.631. The van der Waals surface area contributed by atoms with Crippen molar-refractivity contribution >= 4 is 51.4 Å². The number of fused-ring (bicyclic) bond motifs is 3. The fraction of sp³-hybridized carbons (Fsp3) is 0.375. The van der Waals surface area contributed by atoms with E-state index in [1.807, 2.05) is 13.0 Å². The first-order chi connectivity index (χ1) is 12.2. The van der Waals surface area contributed by atoms with Crippen LogP contribution in [0.5, 0.6) is 0 Å². The van der Waals surface area contributed by atoms with Gasteiger partial charge in [-0.2, -0.15) is 0 Å². The zero-order valence-corrected chi connectivity index (χ0v) is 15.2. The molecular formula is C16H17N5O2S2. The van der Waals surface area contributed by atoms with E-state index >= 15 is 0 Å². The molecule has 130 valence electrons. The number of thioether (sulfide) groups is 1. The Kier molecular flexibility index (Phi) is 4.34. The molecule has 2 N–H and O–H groups in total. The summed E-state index contributed by atoms with van der Waals surface area (Å²) in [4.78, 5) is 26.8. The molecule has 1 aromatic carbocycles. The topological polar surface area (TPSA) is 87.2 Å². The molecule has 1 fully saturated rings. The number of anilines is 3. The molecule has 1 aromatic heterocycles. The highest BCUT2D eigenvalue weighted by Gasteiger charge is 2.36. The number of benzene rings is 1. The number of carbonyl (C=O) groups excluding carboxylic acids is 2. The van der Waals surface area contributed by atoms with Crippen LogP contribution in [0.1, 0.15) is 30.1 Å². The minimum atomic E-state index is -0.259. The van der Waals surface area contributed by atoms with Crippen molar-refractivity contribution in [1.29, 1.82) is 0 Å². The van der Waals surface area contributed by atoms with Crippen LogP contribution in [0, 0.1) is 0 Å². The van der Waals surface area contributed by atoms with Gasteiger partial charge in [-0.15, -0.1) is 10.2 Å². The Morgan fingerprint density at radius 3 is 3.20 bits per heavy atom. The minimum Gasteiger partial charge on any atom is -0.358 e. The highest BCUT2D eigenvalue weighted by Crippen LogP contribution is 2.37. The van der Waals surface area contributed by atoms with Gasteiger partial charge in [-0.1, -0.05) is 30.0 Å². The van der Waals surface area contributed by atoms with Crippen molar-refractivity contribution in [3.05, 3.63) is 23.8 Å². The Labute approximate surface area is 153 Å². The molecule has 25 heavy (non-hydrogen) atoms. The molecule has 0 spiro atoms. The summed E-state index contributed by atoms with van der Waals surface area (Å²) in [5, 5.41) is 14.2. The van der Waals surface area contributed by atoms with E-state index in [4.69, 9.17) is 0 Å². The lowest BCUT2D eigenvalue weighted by Crippen LogP contribution is -2.43. The van der Waals surface area contributed by atoms with Gasteiger partial charge in [-0.3, -0.25) is 14.9 Å². The second-order valence-electron chi connectivity index (χ2n) is 5.83. The van der Waals surface area contributed by atoms with Crippen LogP contribution in [0.15, 0.2) is 22.5 Å². The Morgan fingerprint density at radius 2 is 2.36 bits per heavy atom. The van der Waals surface area contributed by atoms with E-state index in [2.05, 4.69) is 25.7 Å². The van der Waals surface area contributed by atoms with Gasteiger partial charge in [-0.25, -0.2) is 0 Å². The van der Waals surface area contributed by atoms with E-state index in [1.165, 1.54) is 11.3 Å². The first kappa shape index (κ1) is 16.3. The maximum absolute atomic E-state index is 12.5. The van der Waals surface area contributed by atoms with Gasteiger partial charge in [0, 0.05) is 12.1 Å². The summed E-state index contributed by atoms with van der Waals surface area (Å²) < 4.78 is 0.829. The van der Waals surface area contributed by atoms with Gasteiger partial charge in [0.05, 0.1) is 11.4 Å². The van der Waals surface area contributed by atoms with Crippen molar-refractivity contribution < 1.29 is 9.59 Å². The molecule has 1 saturated heterocycles. The predicted molar refractivity (Wildman–Crippen MR) is 99.7 cm³/mol.